The van der Waals surface area contributed by atoms with Gasteiger partial charge in [-0.2, -0.15) is 0 Å². The minimum Gasteiger partial charge on any atom is -0.480 e. The third-order valence-electron chi connectivity index (χ3n) is 8.82. The maximum absolute atomic E-state index is 14.0. The fourth-order valence-electron chi connectivity index (χ4n) is 7.06. The minimum atomic E-state index is -0.732. The van der Waals surface area contributed by atoms with Gasteiger partial charge in [-0.3, -0.25) is 4.79 Å². The van der Waals surface area contributed by atoms with Crippen LogP contribution in [0.25, 0.3) is 11.0 Å². The van der Waals surface area contributed by atoms with Crippen LogP contribution in [0.15, 0.2) is 51.7 Å². The highest BCUT2D eigenvalue weighted by Gasteiger charge is 2.50. The average molecular weight is 502 g/mol. The third kappa shape index (κ3) is 4.15. The fourth-order valence-corrected chi connectivity index (χ4v) is 7.06. The Morgan fingerprint density at radius 3 is 2.70 bits per heavy atom. The highest BCUT2D eigenvalue weighted by molar-refractivity contribution is 5.90. The number of hydrogen-bond donors (Lipinski definition) is 1. The second-order valence-electron chi connectivity index (χ2n) is 11.2. The summed E-state index contributed by atoms with van der Waals surface area (Å²) in [4.78, 5) is 28.5. The van der Waals surface area contributed by atoms with Crippen molar-refractivity contribution in [2.75, 3.05) is 6.54 Å². The van der Waals surface area contributed by atoms with Crippen LogP contribution in [0.2, 0.25) is 0 Å². The van der Waals surface area contributed by atoms with Crippen LogP contribution in [0.3, 0.4) is 0 Å². The van der Waals surface area contributed by atoms with Crippen LogP contribution in [-0.2, 0) is 17.6 Å². The summed E-state index contributed by atoms with van der Waals surface area (Å²) in [5.41, 5.74) is 3.23. The summed E-state index contributed by atoms with van der Waals surface area (Å²) >= 11 is 0. The molecule has 1 saturated heterocycles. The van der Waals surface area contributed by atoms with Gasteiger partial charge in [0, 0.05) is 18.0 Å². The van der Waals surface area contributed by atoms with Crippen molar-refractivity contribution in [3.8, 4) is 5.75 Å². The van der Waals surface area contributed by atoms with Gasteiger partial charge in [0.1, 0.15) is 11.3 Å². The number of amides is 1. The van der Waals surface area contributed by atoms with Gasteiger partial charge < -0.3 is 19.2 Å². The molecule has 1 N–H and O–H groups in total. The van der Waals surface area contributed by atoms with Crippen LogP contribution in [0.4, 0.5) is 0 Å². The van der Waals surface area contributed by atoms with Crippen LogP contribution >= 0.6 is 0 Å². The largest absolute Gasteiger partial charge is 0.480 e. The molecule has 3 aliphatic rings. The van der Waals surface area contributed by atoms with Gasteiger partial charge in [-0.1, -0.05) is 43.2 Å². The molecule has 1 amide bonds. The molecule has 0 spiro atoms. The molecule has 4 atom stereocenters. The molecule has 2 aromatic carbocycles. The first kappa shape index (κ1) is 24.2. The zero-order valence-electron chi connectivity index (χ0n) is 21.7. The van der Waals surface area contributed by atoms with Crippen molar-refractivity contribution >= 4 is 16.9 Å². The van der Waals surface area contributed by atoms with Crippen molar-refractivity contribution in [3.63, 3.8) is 0 Å². The summed E-state index contributed by atoms with van der Waals surface area (Å²) in [7, 11) is 0. The molecule has 6 nitrogen and oxygen atoms in total. The molecular weight excluding hydrogens is 466 g/mol. The molecule has 2 heterocycles. The standard InChI is InChI=1S/C31H35NO5/c1-19-17-25(27-22-11-8-12-23(22)30(34)37-26(27)18-19)36-20(2)29(33)32-16-15-31(35)14-7-6-13-24(31)28(32)21-9-4-3-5-10-21/h3-5,9-10,17-18,20,24,28,35H,6-8,11-16H2,1-2H3/t20-,24+,28-,31-/m0/s1. The van der Waals surface area contributed by atoms with Crippen molar-refractivity contribution < 1.29 is 19.1 Å². The molecule has 6 heteroatoms. The van der Waals surface area contributed by atoms with Crippen molar-refractivity contribution in [3.05, 3.63) is 75.1 Å². The fraction of sp³-hybridized carbons (Fsp3) is 0.484. The van der Waals surface area contributed by atoms with E-state index in [4.69, 9.17) is 9.15 Å². The lowest BCUT2D eigenvalue weighted by Crippen LogP contribution is -2.58. The van der Waals surface area contributed by atoms with Crippen LogP contribution in [0.5, 0.6) is 5.75 Å². The summed E-state index contributed by atoms with van der Waals surface area (Å²) in [5, 5.41) is 12.4. The number of piperidine rings is 1. The van der Waals surface area contributed by atoms with E-state index in [2.05, 4.69) is 12.1 Å². The van der Waals surface area contributed by atoms with Gasteiger partial charge in [0.15, 0.2) is 6.10 Å². The third-order valence-corrected chi connectivity index (χ3v) is 8.82. The molecule has 0 bridgehead atoms. The second-order valence-corrected chi connectivity index (χ2v) is 11.2. The number of carbonyl (C=O) groups is 1. The Morgan fingerprint density at radius 2 is 1.89 bits per heavy atom. The van der Waals surface area contributed by atoms with Gasteiger partial charge in [-0.15, -0.1) is 0 Å². The Hall–Kier alpha value is -3.12. The zero-order chi connectivity index (χ0) is 25.7. The number of rotatable bonds is 4. The van der Waals surface area contributed by atoms with Crippen LogP contribution in [-0.4, -0.2) is 34.2 Å². The smallest absolute Gasteiger partial charge is 0.339 e. The Labute approximate surface area is 217 Å². The van der Waals surface area contributed by atoms with Crippen molar-refractivity contribution in [2.45, 2.75) is 83.0 Å². The van der Waals surface area contributed by atoms with Gasteiger partial charge in [-0.05, 0) is 81.2 Å². The highest BCUT2D eigenvalue weighted by Crippen LogP contribution is 2.49. The quantitative estimate of drug-likeness (QED) is 0.494. The average Bonchev–Trinajstić information content (AvgIpc) is 3.38. The Balaban J connectivity index is 1.35. The Kier molecular flexibility index (Phi) is 6.10. The lowest BCUT2D eigenvalue weighted by Gasteiger charge is -2.53. The number of aliphatic hydroxyl groups is 1. The van der Waals surface area contributed by atoms with E-state index in [1.54, 1.807) is 6.92 Å². The van der Waals surface area contributed by atoms with Gasteiger partial charge in [0.05, 0.1) is 17.0 Å². The van der Waals surface area contributed by atoms with E-state index in [1.807, 2.05) is 42.2 Å². The number of nitrogens with zero attached hydrogens (tertiary/aromatic N) is 1. The van der Waals surface area contributed by atoms with Crippen molar-refractivity contribution in [1.82, 2.24) is 4.90 Å². The summed E-state index contributed by atoms with van der Waals surface area (Å²) in [6.07, 6.45) is 6.09. The van der Waals surface area contributed by atoms with E-state index in [0.29, 0.717) is 30.7 Å². The number of hydrogen-bond acceptors (Lipinski definition) is 5. The molecule has 1 aliphatic heterocycles. The molecule has 194 valence electrons. The van der Waals surface area contributed by atoms with Crippen molar-refractivity contribution in [1.29, 1.82) is 0 Å². The van der Waals surface area contributed by atoms with E-state index in [1.165, 1.54) is 0 Å². The van der Waals surface area contributed by atoms with Gasteiger partial charge >= 0.3 is 5.63 Å². The number of benzene rings is 2. The van der Waals surface area contributed by atoms with Gasteiger partial charge in [0.2, 0.25) is 0 Å². The Bertz CT molecular complexity index is 1400. The summed E-state index contributed by atoms with van der Waals surface area (Å²) in [6.45, 7) is 4.24. The molecule has 0 radical (unpaired) electrons. The number of ether oxygens (including phenoxy) is 1. The highest BCUT2D eigenvalue weighted by atomic mass is 16.5. The number of likely N-dealkylation sites (tertiary alicyclic amines) is 1. The lowest BCUT2D eigenvalue weighted by atomic mass is 9.66. The van der Waals surface area contributed by atoms with Gasteiger partial charge in [0.25, 0.3) is 5.91 Å². The number of aryl methyl sites for hydroxylation is 2. The molecule has 2 fully saturated rings. The zero-order valence-corrected chi connectivity index (χ0v) is 21.7. The molecule has 6 rings (SSSR count). The molecular formula is C31H35NO5. The predicted molar refractivity (Wildman–Crippen MR) is 142 cm³/mol. The molecule has 0 unspecified atom stereocenters. The predicted octanol–water partition coefficient (Wildman–Crippen LogP) is 5.25. The first-order chi connectivity index (χ1) is 17.9. The first-order valence-corrected chi connectivity index (χ1v) is 13.7. The SMILES string of the molecule is Cc1cc(O[C@@H](C)C(=O)N2CC[C@@]3(O)CCCC[C@@H]3[C@@H]2c2ccccc2)c2c3c(c(=O)oc2c1)CCC3. The minimum absolute atomic E-state index is 0.00546. The summed E-state index contributed by atoms with van der Waals surface area (Å²) in [6, 6.07) is 13.7. The van der Waals surface area contributed by atoms with Crippen LogP contribution < -0.4 is 10.4 Å². The van der Waals surface area contributed by atoms with E-state index in [0.717, 1.165) is 66.2 Å². The maximum atomic E-state index is 14.0. The van der Waals surface area contributed by atoms with E-state index in [9.17, 15) is 14.7 Å². The van der Waals surface area contributed by atoms with Crippen molar-refractivity contribution in [2.24, 2.45) is 5.92 Å². The van der Waals surface area contributed by atoms with E-state index in [-0.39, 0.29) is 23.5 Å². The van der Waals surface area contributed by atoms with Crippen LogP contribution in [0.1, 0.15) is 73.7 Å². The molecule has 1 saturated carbocycles. The van der Waals surface area contributed by atoms with Gasteiger partial charge in [-0.25, -0.2) is 4.79 Å². The second kappa shape index (κ2) is 9.32. The van der Waals surface area contributed by atoms with E-state index >= 15 is 0 Å². The monoisotopic (exact) mass is 501 g/mol. The summed E-state index contributed by atoms with van der Waals surface area (Å²) < 4.78 is 12.1. The number of fused-ring (bicyclic) bond motifs is 4. The maximum Gasteiger partial charge on any atom is 0.339 e. The summed E-state index contributed by atoms with van der Waals surface area (Å²) in [5.74, 6) is 0.524. The molecule has 37 heavy (non-hydrogen) atoms. The lowest BCUT2D eigenvalue weighted by molar-refractivity contribution is -0.161. The molecule has 1 aromatic heterocycles. The topological polar surface area (TPSA) is 80.0 Å². The first-order valence-electron chi connectivity index (χ1n) is 13.7. The van der Waals surface area contributed by atoms with E-state index < -0.39 is 11.7 Å². The molecule has 3 aromatic rings. The normalized spacial score (nSPS) is 26.0. The molecule has 2 aliphatic carbocycles. The van der Waals surface area contributed by atoms with Crippen LogP contribution in [0, 0.1) is 12.8 Å². The Morgan fingerprint density at radius 1 is 1.11 bits per heavy atom. The number of carbonyl (C=O) groups excluding carboxylic acids is 1.